The summed E-state index contributed by atoms with van der Waals surface area (Å²) in [6.07, 6.45) is 0.262. The van der Waals surface area contributed by atoms with Gasteiger partial charge in [0.05, 0.1) is 19.1 Å². The summed E-state index contributed by atoms with van der Waals surface area (Å²) in [5.74, 6) is -1.15. The molecule has 3 rings (SSSR count). The molecule has 0 heterocycles. The first-order valence-corrected chi connectivity index (χ1v) is 10.1. The third-order valence-electron chi connectivity index (χ3n) is 4.38. The summed E-state index contributed by atoms with van der Waals surface area (Å²) in [5.41, 5.74) is 2.63. The molecule has 0 atom stereocenters. The predicted molar refractivity (Wildman–Crippen MR) is 127 cm³/mol. The van der Waals surface area contributed by atoms with E-state index in [2.05, 4.69) is 20.7 Å². The summed E-state index contributed by atoms with van der Waals surface area (Å²) in [6.45, 7) is 0. The van der Waals surface area contributed by atoms with Crippen LogP contribution in [0.4, 0.5) is 11.4 Å². The Balaban J connectivity index is 1.58. The van der Waals surface area contributed by atoms with E-state index in [4.69, 9.17) is 12.2 Å². The van der Waals surface area contributed by atoms with Crippen LogP contribution >= 0.6 is 12.2 Å². The van der Waals surface area contributed by atoms with E-state index in [1.165, 1.54) is 13.2 Å². The van der Waals surface area contributed by atoms with E-state index in [0.29, 0.717) is 11.4 Å². The number of carbonyl (C=O) groups excluding carboxylic acids is 3. The first kappa shape index (κ1) is 22.6. The Morgan fingerprint density at radius 3 is 2.19 bits per heavy atom. The zero-order valence-electron chi connectivity index (χ0n) is 17.3. The molecule has 0 spiro atoms. The first-order chi connectivity index (χ1) is 15.4. The fourth-order valence-electron chi connectivity index (χ4n) is 2.90. The second kappa shape index (κ2) is 10.8. The fraction of sp³-hybridized carbons (Fsp3) is 0.0833. The minimum atomic E-state index is -0.536. The van der Waals surface area contributed by atoms with Gasteiger partial charge >= 0.3 is 5.97 Å². The highest BCUT2D eigenvalue weighted by Gasteiger charge is 2.12. The van der Waals surface area contributed by atoms with Crippen molar-refractivity contribution in [2.75, 3.05) is 17.7 Å². The van der Waals surface area contributed by atoms with E-state index in [1.807, 2.05) is 30.3 Å². The van der Waals surface area contributed by atoms with Crippen molar-refractivity contribution in [1.82, 2.24) is 5.32 Å². The van der Waals surface area contributed by atoms with Gasteiger partial charge in [-0.2, -0.15) is 0 Å². The number of ether oxygens (including phenoxy) is 1. The van der Waals surface area contributed by atoms with Gasteiger partial charge in [0.1, 0.15) is 0 Å². The van der Waals surface area contributed by atoms with Gasteiger partial charge < -0.3 is 15.4 Å². The third-order valence-corrected chi connectivity index (χ3v) is 4.59. The summed E-state index contributed by atoms with van der Waals surface area (Å²) in [6, 6.07) is 22.5. The topological polar surface area (TPSA) is 96.5 Å². The fourth-order valence-corrected chi connectivity index (χ4v) is 3.11. The molecule has 0 aliphatic carbocycles. The van der Waals surface area contributed by atoms with Crippen LogP contribution in [0, 0.1) is 0 Å². The molecule has 0 fully saturated rings. The maximum atomic E-state index is 12.4. The van der Waals surface area contributed by atoms with Crippen LogP contribution < -0.4 is 16.0 Å². The van der Waals surface area contributed by atoms with Crippen molar-refractivity contribution in [1.29, 1.82) is 0 Å². The minimum absolute atomic E-state index is 0.0752. The molecule has 0 saturated heterocycles. The number of anilines is 2. The Labute approximate surface area is 190 Å². The second-order valence-corrected chi connectivity index (χ2v) is 7.18. The Morgan fingerprint density at radius 2 is 1.47 bits per heavy atom. The number of benzene rings is 3. The summed E-state index contributed by atoms with van der Waals surface area (Å²) in [5, 5.41) is 8.39. The Bertz CT molecular complexity index is 1150. The van der Waals surface area contributed by atoms with Crippen LogP contribution in [0.1, 0.15) is 26.3 Å². The lowest BCUT2D eigenvalue weighted by molar-refractivity contribution is -0.115. The molecule has 3 aromatic rings. The van der Waals surface area contributed by atoms with Crippen molar-refractivity contribution in [2.24, 2.45) is 0 Å². The van der Waals surface area contributed by atoms with Crippen molar-refractivity contribution in [2.45, 2.75) is 6.42 Å². The zero-order valence-corrected chi connectivity index (χ0v) is 18.1. The van der Waals surface area contributed by atoms with Crippen LogP contribution in [0.2, 0.25) is 0 Å². The molecule has 0 saturated carbocycles. The van der Waals surface area contributed by atoms with Crippen molar-refractivity contribution in [3.63, 3.8) is 0 Å². The van der Waals surface area contributed by atoms with Gasteiger partial charge in [-0.05, 0) is 54.2 Å². The molecular formula is C24H21N3O4S. The highest BCUT2D eigenvalue weighted by atomic mass is 32.1. The molecule has 0 radical (unpaired) electrons. The highest BCUT2D eigenvalue weighted by molar-refractivity contribution is 7.80. The molecule has 2 amide bonds. The summed E-state index contributed by atoms with van der Waals surface area (Å²) >= 11 is 5.22. The van der Waals surface area contributed by atoms with Crippen LogP contribution in [-0.4, -0.2) is 30.0 Å². The lowest BCUT2D eigenvalue weighted by Crippen LogP contribution is -2.34. The highest BCUT2D eigenvalue weighted by Crippen LogP contribution is 2.16. The number of thiocarbonyl (C=S) groups is 1. The van der Waals surface area contributed by atoms with Gasteiger partial charge in [0, 0.05) is 16.9 Å². The number of nitrogens with one attached hydrogen (secondary N) is 3. The van der Waals surface area contributed by atoms with E-state index in [1.54, 1.807) is 42.5 Å². The number of rotatable bonds is 6. The zero-order chi connectivity index (χ0) is 22.9. The van der Waals surface area contributed by atoms with Gasteiger partial charge in [0.25, 0.3) is 5.91 Å². The first-order valence-electron chi connectivity index (χ1n) is 9.69. The van der Waals surface area contributed by atoms with E-state index in [9.17, 15) is 14.4 Å². The third kappa shape index (κ3) is 6.48. The van der Waals surface area contributed by atoms with Crippen LogP contribution in [0.3, 0.4) is 0 Å². The molecule has 0 aliphatic rings. The molecule has 0 aliphatic heterocycles. The number of carbonyl (C=O) groups is 3. The van der Waals surface area contributed by atoms with Gasteiger partial charge in [0.15, 0.2) is 5.11 Å². The molecule has 7 nitrogen and oxygen atoms in total. The smallest absolute Gasteiger partial charge is 0.337 e. The lowest BCUT2D eigenvalue weighted by atomic mass is 10.1. The Kier molecular flexibility index (Phi) is 7.66. The number of hydrogen-bond donors (Lipinski definition) is 3. The number of hydrogen-bond acceptors (Lipinski definition) is 5. The molecule has 3 aromatic carbocycles. The molecule has 162 valence electrons. The van der Waals surface area contributed by atoms with E-state index in [0.717, 1.165) is 5.56 Å². The predicted octanol–water partition coefficient (Wildman–Crippen LogP) is 3.78. The van der Waals surface area contributed by atoms with Crippen molar-refractivity contribution in [3.8, 4) is 0 Å². The standard InChI is InChI=1S/C24H21N3O4S/c1-31-23(30)18-10-5-9-17(14-18)22(29)27-24(32)26-20-12-6-11-19(15-20)25-21(28)13-16-7-3-2-4-8-16/h2-12,14-15H,13H2,1H3,(H,25,28)(H2,26,27,29,32). The quantitative estimate of drug-likeness (QED) is 0.393. The van der Waals surface area contributed by atoms with Gasteiger partial charge in [0.2, 0.25) is 5.91 Å². The number of esters is 1. The van der Waals surface area contributed by atoms with Gasteiger partial charge in [-0.15, -0.1) is 0 Å². The van der Waals surface area contributed by atoms with Gasteiger partial charge in [-0.3, -0.25) is 14.9 Å². The summed E-state index contributed by atoms with van der Waals surface area (Å²) in [7, 11) is 1.27. The van der Waals surface area contributed by atoms with E-state index >= 15 is 0 Å². The van der Waals surface area contributed by atoms with Crippen molar-refractivity contribution in [3.05, 3.63) is 95.6 Å². The molecular weight excluding hydrogens is 426 g/mol. The molecule has 0 aromatic heterocycles. The monoisotopic (exact) mass is 447 g/mol. The van der Waals surface area contributed by atoms with Crippen LogP contribution in [0.15, 0.2) is 78.9 Å². The largest absolute Gasteiger partial charge is 0.465 e. The van der Waals surface area contributed by atoms with Crippen molar-refractivity contribution >= 4 is 46.5 Å². The van der Waals surface area contributed by atoms with Crippen LogP contribution in [0.5, 0.6) is 0 Å². The average molecular weight is 448 g/mol. The van der Waals surface area contributed by atoms with Crippen LogP contribution in [-0.2, 0) is 16.0 Å². The van der Waals surface area contributed by atoms with E-state index < -0.39 is 11.9 Å². The maximum absolute atomic E-state index is 12.4. The average Bonchev–Trinajstić information content (AvgIpc) is 2.79. The molecule has 32 heavy (non-hydrogen) atoms. The molecule has 8 heteroatoms. The van der Waals surface area contributed by atoms with Gasteiger partial charge in [-0.1, -0.05) is 42.5 Å². The minimum Gasteiger partial charge on any atom is -0.465 e. The number of methoxy groups -OCH3 is 1. The Hall–Kier alpha value is -4.04. The molecule has 3 N–H and O–H groups in total. The second-order valence-electron chi connectivity index (χ2n) is 6.77. The van der Waals surface area contributed by atoms with Crippen LogP contribution in [0.25, 0.3) is 0 Å². The summed E-state index contributed by atoms with van der Waals surface area (Å²) < 4.78 is 4.66. The molecule has 0 bridgehead atoms. The lowest BCUT2D eigenvalue weighted by Gasteiger charge is -2.12. The number of amides is 2. The van der Waals surface area contributed by atoms with E-state index in [-0.39, 0.29) is 28.6 Å². The molecule has 0 unspecified atom stereocenters. The normalized spacial score (nSPS) is 10.0. The van der Waals surface area contributed by atoms with Crippen molar-refractivity contribution < 1.29 is 19.1 Å². The Morgan fingerprint density at radius 1 is 0.812 bits per heavy atom. The SMILES string of the molecule is COC(=O)c1cccc(C(=O)NC(=S)Nc2cccc(NC(=O)Cc3ccccc3)c2)c1. The summed E-state index contributed by atoms with van der Waals surface area (Å²) in [4.78, 5) is 36.4. The van der Waals surface area contributed by atoms with Gasteiger partial charge in [-0.25, -0.2) is 4.79 Å². The maximum Gasteiger partial charge on any atom is 0.337 e.